The Kier molecular flexibility index (Phi) is 7.01. The molecule has 0 spiro atoms. The van der Waals surface area contributed by atoms with E-state index in [0.29, 0.717) is 47.4 Å². The van der Waals surface area contributed by atoms with E-state index in [4.69, 9.17) is 34.8 Å². The van der Waals surface area contributed by atoms with E-state index >= 15 is 0 Å². The first kappa shape index (κ1) is 23.4. The first-order chi connectivity index (χ1) is 15.3. The fraction of sp³-hybridized carbons (Fsp3) is 0.417. The molecule has 2 amide bonds. The van der Waals surface area contributed by atoms with Gasteiger partial charge in [0, 0.05) is 47.7 Å². The second-order valence-electron chi connectivity index (χ2n) is 8.69. The Bertz CT molecular complexity index is 1020. The Morgan fingerprint density at radius 2 is 1.69 bits per heavy atom. The number of carbonyl (C=O) groups excluding carboxylic acids is 2. The first-order valence-corrected chi connectivity index (χ1v) is 11.9. The summed E-state index contributed by atoms with van der Waals surface area (Å²) in [7, 11) is 2.04. The third-order valence-corrected chi connectivity index (χ3v) is 7.16. The Labute approximate surface area is 203 Å². The lowest BCUT2D eigenvalue weighted by atomic mass is 9.93. The third kappa shape index (κ3) is 5.07. The van der Waals surface area contributed by atoms with Gasteiger partial charge < -0.3 is 15.1 Å². The van der Waals surface area contributed by atoms with Gasteiger partial charge in [-0.1, -0.05) is 53.0 Å². The van der Waals surface area contributed by atoms with Crippen LogP contribution in [0.1, 0.15) is 24.0 Å². The van der Waals surface area contributed by atoms with Crippen molar-refractivity contribution in [2.45, 2.75) is 30.7 Å². The van der Waals surface area contributed by atoms with E-state index in [-0.39, 0.29) is 11.8 Å². The molecule has 170 valence electrons. The van der Waals surface area contributed by atoms with Crippen LogP contribution in [0.25, 0.3) is 0 Å². The molecule has 1 N–H and O–H groups in total. The third-order valence-electron chi connectivity index (χ3n) is 6.38. The van der Waals surface area contributed by atoms with E-state index in [0.717, 1.165) is 24.2 Å². The molecule has 1 atom stereocenters. The van der Waals surface area contributed by atoms with Crippen LogP contribution in [0.15, 0.2) is 42.5 Å². The van der Waals surface area contributed by atoms with Crippen LogP contribution in [0.2, 0.25) is 15.1 Å². The van der Waals surface area contributed by atoms with Crippen molar-refractivity contribution in [2.75, 3.05) is 33.2 Å². The summed E-state index contributed by atoms with van der Waals surface area (Å²) in [5.74, 6) is -0.236. The zero-order valence-electron chi connectivity index (χ0n) is 17.9. The fourth-order valence-electron chi connectivity index (χ4n) is 4.26. The van der Waals surface area contributed by atoms with Crippen molar-refractivity contribution in [1.82, 2.24) is 15.1 Å². The number of nitrogens with one attached hydrogen (secondary N) is 1. The van der Waals surface area contributed by atoms with Crippen LogP contribution in [0.4, 0.5) is 0 Å². The Morgan fingerprint density at radius 1 is 1.00 bits per heavy atom. The summed E-state index contributed by atoms with van der Waals surface area (Å²) in [4.78, 5) is 30.9. The molecule has 0 radical (unpaired) electrons. The minimum absolute atomic E-state index is 0.0653. The minimum atomic E-state index is -0.712. The molecule has 1 aliphatic heterocycles. The van der Waals surface area contributed by atoms with Gasteiger partial charge in [0.1, 0.15) is 6.04 Å². The smallest absolute Gasteiger partial charge is 0.245 e. The molecule has 5 nitrogen and oxygen atoms in total. The summed E-state index contributed by atoms with van der Waals surface area (Å²) in [5.41, 5.74) is 0.950. The number of likely N-dealkylation sites (N-methyl/N-ethyl adjacent to an activating group) is 1. The van der Waals surface area contributed by atoms with E-state index in [1.807, 2.05) is 36.2 Å². The lowest BCUT2D eigenvalue weighted by molar-refractivity contribution is -0.138. The molecule has 1 unspecified atom stereocenters. The highest BCUT2D eigenvalue weighted by Gasteiger charge is 2.53. The zero-order valence-corrected chi connectivity index (χ0v) is 20.2. The van der Waals surface area contributed by atoms with Crippen molar-refractivity contribution in [1.29, 1.82) is 0 Å². The predicted octanol–water partition coefficient (Wildman–Crippen LogP) is 4.18. The number of rotatable bonds is 6. The summed E-state index contributed by atoms with van der Waals surface area (Å²) in [6.07, 6.45) is 1.75. The summed E-state index contributed by atoms with van der Waals surface area (Å²) in [5, 5.41) is 4.66. The van der Waals surface area contributed by atoms with Crippen molar-refractivity contribution in [3.8, 4) is 0 Å². The topological polar surface area (TPSA) is 52.6 Å². The number of hydrogen-bond donors (Lipinski definition) is 1. The van der Waals surface area contributed by atoms with Crippen LogP contribution in [0.5, 0.6) is 0 Å². The average molecular weight is 495 g/mol. The van der Waals surface area contributed by atoms with Crippen LogP contribution in [-0.2, 0) is 21.4 Å². The molecule has 2 aliphatic rings. The summed E-state index contributed by atoms with van der Waals surface area (Å²) < 4.78 is 0. The van der Waals surface area contributed by atoms with Crippen molar-refractivity contribution in [2.24, 2.45) is 0 Å². The van der Waals surface area contributed by atoms with Gasteiger partial charge in [-0.25, -0.2) is 0 Å². The summed E-state index contributed by atoms with van der Waals surface area (Å²) >= 11 is 18.6. The second-order valence-corrected chi connectivity index (χ2v) is 9.98. The highest BCUT2D eigenvalue weighted by atomic mass is 35.5. The van der Waals surface area contributed by atoms with Crippen molar-refractivity contribution < 1.29 is 9.59 Å². The van der Waals surface area contributed by atoms with Crippen LogP contribution in [0, 0.1) is 0 Å². The van der Waals surface area contributed by atoms with Gasteiger partial charge in [-0.3, -0.25) is 9.59 Å². The van der Waals surface area contributed by atoms with Gasteiger partial charge in [-0.2, -0.15) is 0 Å². The average Bonchev–Trinajstić information content (AvgIpc) is 3.55. The number of benzene rings is 2. The lowest BCUT2D eigenvalue weighted by Gasteiger charge is -2.35. The molecule has 32 heavy (non-hydrogen) atoms. The second kappa shape index (κ2) is 9.60. The van der Waals surface area contributed by atoms with E-state index in [9.17, 15) is 9.59 Å². The molecule has 1 aliphatic carbocycles. The maximum absolute atomic E-state index is 13.5. The summed E-state index contributed by atoms with van der Waals surface area (Å²) in [6, 6.07) is 11.9. The normalized spacial score (nSPS) is 18.8. The molecule has 1 saturated carbocycles. The van der Waals surface area contributed by atoms with Gasteiger partial charge in [-0.15, -0.1) is 0 Å². The predicted molar refractivity (Wildman–Crippen MR) is 129 cm³/mol. The molecular formula is C24H26Cl3N3O2. The Morgan fingerprint density at radius 3 is 2.31 bits per heavy atom. The van der Waals surface area contributed by atoms with Gasteiger partial charge in [-0.05, 0) is 55.3 Å². The maximum Gasteiger partial charge on any atom is 0.245 e. The quantitative estimate of drug-likeness (QED) is 0.655. The molecule has 1 saturated heterocycles. The van der Waals surface area contributed by atoms with Gasteiger partial charge in [0.25, 0.3) is 0 Å². The highest BCUT2D eigenvalue weighted by Crippen LogP contribution is 2.51. The van der Waals surface area contributed by atoms with Crippen LogP contribution < -0.4 is 5.32 Å². The molecular weight excluding hydrogens is 469 g/mol. The Hall–Kier alpha value is -1.79. The van der Waals surface area contributed by atoms with Crippen LogP contribution >= 0.6 is 34.8 Å². The number of amides is 2. The molecule has 4 rings (SSSR count). The largest absolute Gasteiger partial charge is 0.343 e. The van der Waals surface area contributed by atoms with Crippen molar-refractivity contribution in [3.63, 3.8) is 0 Å². The Balaban J connectivity index is 1.56. The van der Waals surface area contributed by atoms with E-state index in [1.54, 1.807) is 18.2 Å². The molecule has 1 heterocycles. The molecule has 0 aromatic heterocycles. The molecule has 2 aromatic rings. The monoisotopic (exact) mass is 493 g/mol. The van der Waals surface area contributed by atoms with Gasteiger partial charge >= 0.3 is 0 Å². The van der Waals surface area contributed by atoms with Crippen molar-refractivity contribution in [3.05, 3.63) is 68.7 Å². The van der Waals surface area contributed by atoms with Crippen LogP contribution in [0.3, 0.4) is 0 Å². The molecule has 2 aromatic carbocycles. The number of halogens is 3. The fourth-order valence-corrected chi connectivity index (χ4v) is 5.07. The number of carbonyl (C=O) groups is 2. The first-order valence-electron chi connectivity index (χ1n) is 10.8. The number of piperazine rings is 1. The molecule has 8 heteroatoms. The number of hydrogen-bond acceptors (Lipinski definition) is 3. The zero-order chi connectivity index (χ0) is 22.9. The highest BCUT2D eigenvalue weighted by molar-refractivity contribution is 6.35. The maximum atomic E-state index is 13.5. The van der Waals surface area contributed by atoms with Gasteiger partial charge in [0.2, 0.25) is 11.8 Å². The van der Waals surface area contributed by atoms with Crippen molar-refractivity contribution >= 4 is 46.6 Å². The lowest BCUT2D eigenvalue weighted by Crippen LogP contribution is -2.56. The SMILES string of the molecule is CN1CCN(C(=O)C(Cc2cccc(Cl)c2)NC(=O)C2(c3ccc(Cl)cc3Cl)CC2)CC1. The molecule has 0 bridgehead atoms. The van der Waals surface area contributed by atoms with Gasteiger partial charge in [0.15, 0.2) is 0 Å². The number of nitrogens with zero attached hydrogens (tertiary/aromatic N) is 2. The summed E-state index contributed by atoms with van der Waals surface area (Å²) in [6.45, 7) is 2.92. The van der Waals surface area contributed by atoms with Crippen LogP contribution in [-0.4, -0.2) is 60.9 Å². The van der Waals surface area contributed by atoms with E-state index in [1.165, 1.54) is 0 Å². The van der Waals surface area contributed by atoms with Gasteiger partial charge in [0.05, 0.1) is 5.41 Å². The van der Waals surface area contributed by atoms with E-state index < -0.39 is 11.5 Å². The minimum Gasteiger partial charge on any atom is -0.343 e. The standard InChI is InChI=1S/C24H26Cl3N3O2/c1-29-9-11-30(12-10-29)22(31)21(14-16-3-2-4-17(25)13-16)28-23(32)24(7-8-24)19-6-5-18(26)15-20(19)27/h2-6,13,15,21H,7-12,14H2,1H3,(H,28,32). The molecule has 2 fully saturated rings. The van der Waals surface area contributed by atoms with E-state index in [2.05, 4.69) is 10.2 Å².